The lowest BCUT2D eigenvalue weighted by Gasteiger charge is -2.32. The Morgan fingerprint density at radius 2 is 1.63 bits per heavy atom. The Bertz CT molecular complexity index is 776. The summed E-state index contributed by atoms with van der Waals surface area (Å²) >= 11 is 0. The highest BCUT2D eigenvalue weighted by atomic mass is 19.1. The predicted octanol–water partition coefficient (Wildman–Crippen LogP) is 2.31. The maximum atomic E-state index is 14.4. The molecule has 0 spiro atoms. The molecule has 7 nitrogen and oxygen atoms in total. The quantitative estimate of drug-likeness (QED) is 0.543. The first-order valence-corrected chi connectivity index (χ1v) is 10.1. The van der Waals surface area contributed by atoms with E-state index in [-0.39, 0.29) is 30.9 Å². The number of hydrogen-bond donors (Lipinski definition) is 2. The number of rotatable bonds is 6. The number of hydrogen-bond acceptors (Lipinski definition) is 5. The molecule has 0 radical (unpaired) electrons. The van der Waals surface area contributed by atoms with Gasteiger partial charge in [-0.3, -0.25) is 4.79 Å². The van der Waals surface area contributed by atoms with E-state index in [0.717, 1.165) is 0 Å². The van der Waals surface area contributed by atoms with Crippen molar-refractivity contribution in [2.45, 2.75) is 71.7 Å². The van der Waals surface area contributed by atoms with E-state index in [4.69, 9.17) is 14.0 Å². The molecule has 0 bridgehead atoms. The number of carbonyl (C=O) groups is 2. The van der Waals surface area contributed by atoms with Crippen molar-refractivity contribution >= 4 is 24.6 Å². The maximum Gasteiger partial charge on any atom is 0.497 e. The van der Waals surface area contributed by atoms with Crippen LogP contribution in [0, 0.1) is 5.82 Å². The van der Waals surface area contributed by atoms with Gasteiger partial charge in [-0.1, -0.05) is 12.1 Å². The topological polar surface area (TPSA) is 85.9 Å². The first-order valence-electron chi connectivity index (χ1n) is 10.1. The number of halogens is 1. The fourth-order valence-electron chi connectivity index (χ4n) is 2.78. The summed E-state index contributed by atoms with van der Waals surface area (Å²) in [5.74, 6) is -0.688. The second kappa shape index (κ2) is 8.94. The predicted molar refractivity (Wildman–Crippen MR) is 113 cm³/mol. The molecule has 1 aliphatic heterocycles. The smallest absolute Gasteiger partial charge is 0.444 e. The summed E-state index contributed by atoms with van der Waals surface area (Å²) in [6.07, 6.45) is -0.471. The highest BCUT2D eigenvalue weighted by Gasteiger charge is 2.52. The Morgan fingerprint density at radius 3 is 2.20 bits per heavy atom. The molecular formula is C21H32BFN2O5. The molecule has 1 saturated heterocycles. The van der Waals surface area contributed by atoms with Crippen LogP contribution in [0.15, 0.2) is 18.2 Å². The molecule has 30 heavy (non-hydrogen) atoms. The minimum Gasteiger partial charge on any atom is -0.444 e. The van der Waals surface area contributed by atoms with Crippen molar-refractivity contribution in [1.82, 2.24) is 10.6 Å². The van der Waals surface area contributed by atoms with Gasteiger partial charge in [0.05, 0.1) is 17.6 Å². The van der Waals surface area contributed by atoms with Gasteiger partial charge in [-0.2, -0.15) is 0 Å². The second-order valence-electron chi connectivity index (χ2n) is 9.40. The van der Waals surface area contributed by atoms with Crippen molar-refractivity contribution in [3.8, 4) is 0 Å². The van der Waals surface area contributed by atoms with E-state index < -0.39 is 35.8 Å². The molecule has 2 N–H and O–H groups in total. The molecular weight excluding hydrogens is 390 g/mol. The summed E-state index contributed by atoms with van der Waals surface area (Å²) in [6.45, 7) is 13.4. The molecule has 0 aromatic heterocycles. The zero-order chi connectivity index (χ0) is 22.7. The zero-order valence-electron chi connectivity index (χ0n) is 18.8. The highest BCUT2D eigenvalue weighted by molar-refractivity contribution is 6.62. The number of amides is 2. The number of benzene rings is 1. The lowest BCUT2D eigenvalue weighted by atomic mass is 9.77. The molecule has 2 amide bonds. The van der Waals surface area contributed by atoms with Gasteiger partial charge < -0.3 is 24.7 Å². The zero-order valence-corrected chi connectivity index (χ0v) is 18.8. The van der Waals surface area contributed by atoms with Gasteiger partial charge >= 0.3 is 13.2 Å². The summed E-state index contributed by atoms with van der Waals surface area (Å²) in [4.78, 5) is 23.8. The van der Waals surface area contributed by atoms with Gasteiger partial charge in [-0.25, -0.2) is 9.18 Å². The van der Waals surface area contributed by atoms with E-state index in [1.54, 1.807) is 32.9 Å². The maximum absolute atomic E-state index is 14.4. The van der Waals surface area contributed by atoms with Crippen LogP contribution in [-0.2, 0) is 25.3 Å². The van der Waals surface area contributed by atoms with Gasteiger partial charge in [0, 0.05) is 18.6 Å². The minimum absolute atomic E-state index is 0.0687. The Hall–Kier alpha value is -2.13. The molecule has 1 fully saturated rings. The fraction of sp³-hybridized carbons (Fsp3) is 0.619. The molecule has 1 aromatic rings. The van der Waals surface area contributed by atoms with Crippen LogP contribution in [0.4, 0.5) is 9.18 Å². The van der Waals surface area contributed by atoms with Crippen molar-refractivity contribution in [2.75, 3.05) is 13.1 Å². The molecule has 1 aromatic carbocycles. The first-order chi connectivity index (χ1) is 13.7. The van der Waals surface area contributed by atoms with Crippen LogP contribution in [0.25, 0.3) is 0 Å². The molecule has 0 atom stereocenters. The van der Waals surface area contributed by atoms with Crippen LogP contribution >= 0.6 is 0 Å². The monoisotopic (exact) mass is 422 g/mol. The van der Waals surface area contributed by atoms with Crippen LogP contribution in [0.5, 0.6) is 0 Å². The lowest BCUT2D eigenvalue weighted by molar-refractivity contribution is -0.120. The van der Waals surface area contributed by atoms with E-state index in [1.807, 2.05) is 27.7 Å². The van der Waals surface area contributed by atoms with Crippen molar-refractivity contribution in [3.63, 3.8) is 0 Å². The van der Waals surface area contributed by atoms with E-state index in [2.05, 4.69) is 10.6 Å². The van der Waals surface area contributed by atoms with Gasteiger partial charge in [0.1, 0.15) is 11.4 Å². The van der Waals surface area contributed by atoms with Crippen LogP contribution in [0.2, 0.25) is 0 Å². The number of ether oxygens (including phenoxy) is 1. The third-order valence-corrected chi connectivity index (χ3v) is 5.05. The van der Waals surface area contributed by atoms with Gasteiger partial charge in [0.25, 0.3) is 0 Å². The third-order valence-electron chi connectivity index (χ3n) is 5.05. The van der Waals surface area contributed by atoms with Crippen molar-refractivity contribution in [2.24, 2.45) is 0 Å². The molecule has 0 unspecified atom stereocenters. The molecule has 0 saturated carbocycles. The molecule has 0 aliphatic carbocycles. The summed E-state index contributed by atoms with van der Waals surface area (Å²) in [7, 11) is -0.837. The van der Waals surface area contributed by atoms with Gasteiger partial charge in [0.2, 0.25) is 5.91 Å². The Kier molecular flexibility index (Phi) is 7.19. The third kappa shape index (κ3) is 6.44. The Balaban J connectivity index is 1.88. The molecule has 1 heterocycles. The second-order valence-corrected chi connectivity index (χ2v) is 9.40. The largest absolute Gasteiger partial charge is 0.497 e. The average molecular weight is 422 g/mol. The minimum atomic E-state index is -0.837. The normalized spacial score (nSPS) is 17.5. The van der Waals surface area contributed by atoms with Gasteiger partial charge in [-0.15, -0.1) is 0 Å². The molecule has 2 rings (SSSR count). The summed E-state index contributed by atoms with van der Waals surface area (Å²) in [5, 5.41) is 5.28. The van der Waals surface area contributed by atoms with E-state index >= 15 is 0 Å². The first kappa shape index (κ1) is 24.1. The Labute approximate surface area is 178 Å². The van der Waals surface area contributed by atoms with Crippen molar-refractivity contribution in [3.05, 3.63) is 29.6 Å². The van der Waals surface area contributed by atoms with Crippen LogP contribution in [-0.4, -0.2) is 49.0 Å². The van der Waals surface area contributed by atoms with Crippen LogP contribution in [0.1, 0.15) is 54.0 Å². The van der Waals surface area contributed by atoms with Crippen molar-refractivity contribution < 1.29 is 28.0 Å². The van der Waals surface area contributed by atoms with Crippen LogP contribution in [0.3, 0.4) is 0 Å². The molecule has 1 aliphatic rings. The van der Waals surface area contributed by atoms with Crippen molar-refractivity contribution in [1.29, 1.82) is 0 Å². The Morgan fingerprint density at radius 1 is 1.07 bits per heavy atom. The lowest BCUT2D eigenvalue weighted by Crippen LogP contribution is -2.41. The standard InChI is InChI=1S/C21H32BFN2O5/c1-19(2,3)28-18(27)25-11-10-24-17(26)13-14-8-9-16(23)15(12-14)22-29-20(4,5)21(6,7)30-22/h8-9,12H,10-11,13H2,1-7H3,(H,24,26)(H,25,27). The summed E-state index contributed by atoms with van der Waals surface area (Å²) in [5.41, 5.74) is -0.841. The average Bonchev–Trinajstić information content (AvgIpc) is 2.79. The fourth-order valence-corrected chi connectivity index (χ4v) is 2.78. The number of alkyl carbamates (subject to hydrolysis) is 1. The van der Waals surface area contributed by atoms with E-state index in [0.29, 0.717) is 5.56 Å². The van der Waals surface area contributed by atoms with E-state index in [9.17, 15) is 14.0 Å². The highest BCUT2D eigenvalue weighted by Crippen LogP contribution is 2.36. The SMILES string of the molecule is CC(C)(C)OC(=O)NCCNC(=O)Cc1ccc(F)c(B2OC(C)(C)C(C)(C)O2)c1. The van der Waals surface area contributed by atoms with Crippen LogP contribution < -0.4 is 16.1 Å². The summed E-state index contributed by atoms with van der Waals surface area (Å²) < 4.78 is 31.3. The summed E-state index contributed by atoms with van der Waals surface area (Å²) in [6, 6.07) is 4.46. The molecule has 9 heteroatoms. The van der Waals surface area contributed by atoms with E-state index in [1.165, 1.54) is 6.07 Å². The number of nitrogens with one attached hydrogen (secondary N) is 2. The van der Waals surface area contributed by atoms with Gasteiger partial charge in [-0.05, 0) is 60.1 Å². The molecule has 166 valence electrons. The number of carbonyl (C=O) groups excluding carboxylic acids is 2. The van der Waals surface area contributed by atoms with Gasteiger partial charge in [0.15, 0.2) is 0 Å².